The van der Waals surface area contributed by atoms with Crippen LogP contribution in [0.4, 0.5) is 0 Å². The lowest BCUT2D eigenvalue weighted by atomic mass is 9.98. The van der Waals surface area contributed by atoms with Gasteiger partial charge in [0.25, 0.3) is 0 Å². The van der Waals surface area contributed by atoms with Crippen molar-refractivity contribution in [2.24, 2.45) is 5.92 Å². The second-order valence-electron chi connectivity index (χ2n) is 5.50. The van der Waals surface area contributed by atoms with Crippen LogP contribution >= 0.6 is 11.6 Å². The Morgan fingerprint density at radius 1 is 1.45 bits per heavy atom. The van der Waals surface area contributed by atoms with Crippen LogP contribution in [0.5, 0.6) is 5.75 Å². The Morgan fingerprint density at radius 3 is 2.91 bits per heavy atom. The number of methoxy groups -OCH3 is 1. The molecule has 2 rings (SSSR count). The zero-order valence-electron chi connectivity index (χ0n) is 12.5. The summed E-state index contributed by atoms with van der Waals surface area (Å²) in [5, 5.41) is 9.58. The second-order valence-corrected chi connectivity index (χ2v) is 5.93. The quantitative estimate of drug-likeness (QED) is 0.815. The summed E-state index contributed by atoms with van der Waals surface area (Å²) in [6, 6.07) is 4.97. The number of benzene rings is 1. The first-order valence-corrected chi connectivity index (χ1v) is 7.71. The fourth-order valence-corrected chi connectivity index (χ4v) is 2.92. The number of carboxylic acids is 1. The molecule has 0 radical (unpaired) electrons. The smallest absolute Gasteiger partial charge is 0.307 e. The van der Waals surface area contributed by atoms with Gasteiger partial charge in [-0.15, -0.1) is 0 Å². The van der Waals surface area contributed by atoms with Crippen LogP contribution in [-0.2, 0) is 4.79 Å². The molecule has 1 unspecified atom stereocenters. The number of nitrogens with zero attached hydrogens (tertiary/aromatic N) is 1. The molecule has 0 saturated carbocycles. The van der Waals surface area contributed by atoms with Crippen molar-refractivity contribution in [2.75, 3.05) is 26.7 Å². The van der Waals surface area contributed by atoms with Crippen LogP contribution in [0.15, 0.2) is 18.2 Å². The Morgan fingerprint density at radius 2 is 2.23 bits per heavy atom. The third-order valence-corrected chi connectivity index (χ3v) is 4.21. The Bertz CT molecular complexity index is 561. The van der Waals surface area contributed by atoms with Gasteiger partial charge in [0.2, 0.25) is 0 Å². The zero-order chi connectivity index (χ0) is 16.1. The predicted molar refractivity (Wildman–Crippen MR) is 83.8 cm³/mol. The zero-order valence-corrected chi connectivity index (χ0v) is 13.3. The molecule has 1 aliphatic rings. The van der Waals surface area contributed by atoms with E-state index in [0.29, 0.717) is 42.3 Å². The SMILES string of the molecule is COc1ccc(Cl)cc1C(=O)CCN1CCCC(C(=O)O)C1. The van der Waals surface area contributed by atoms with Gasteiger partial charge in [-0.05, 0) is 37.6 Å². The number of hydrogen-bond acceptors (Lipinski definition) is 4. The Balaban J connectivity index is 1.95. The normalized spacial score (nSPS) is 18.9. The third-order valence-electron chi connectivity index (χ3n) is 3.97. The maximum Gasteiger partial charge on any atom is 0.307 e. The minimum absolute atomic E-state index is 0.0446. The first-order valence-electron chi connectivity index (χ1n) is 7.33. The van der Waals surface area contributed by atoms with Gasteiger partial charge in [-0.2, -0.15) is 0 Å². The highest BCUT2D eigenvalue weighted by atomic mass is 35.5. The number of likely N-dealkylation sites (tertiary alicyclic amines) is 1. The number of Topliss-reactive ketones (excluding diaryl/α,β-unsaturated/α-hetero) is 1. The number of ketones is 1. The standard InChI is InChI=1S/C16H20ClNO4/c1-22-15-5-4-12(17)9-13(15)14(19)6-8-18-7-2-3-11(10-18)16(20)21/h4-5,9,11H,2-3,6-8,10H2,1H3,(H,20,21). The highest BCUT2D eigenvalue weighted by Gasteiger charge is 2.25. The van der Waals surface area contributed by atoms with E-state index in [1.807, 2.05) is 4.90 Å². The Hall–Kier alpha value is -1.59. The average Bonchev–Trinajstić information content (AvgIpc) is 2.52. The molecular weight excluding hydrogens is 306 g/mol. The van der Waals surface area contributed by atoms with Gasteiger partial charge in [-0.3, -0.25) is 9.59 Å². The molecule has 0 aromatic heterocycles. The molecule has 0 amide bonds. The van der Waals surface area contributed by atoms with Crippen molar-refractivity contribution in [3.8, 4) is 5.75 Å². The average molecular weight is 326 g/mol. The van der Waals surface area contributed by atoms with E-state index in [9.17, 15) is 9.59 Å². The number of piperidine rings is 1. The second kappa shape index (κ2) is 7.61. The molecule has 1 N–H and O–H groups in total. The lowest BCUT2D eigenvalue weighted by Crippen LogP contribution is -2.39. The van der Waals surface area contributed by atoms with Gasteiger partial charge in [0.1, 0.15) is 5.75 Å². The van der Waals surface area contributed by atoms with Crippen LogP contribution in [0.1, 0.15) is 29.6 Å². The maximum absolute atomic E-state index is 12.4. The van der Waals surface area contributed by atoms with Crippen molar-refractivity contribution in [1.82, 2.24) is 4.90 Å². The number of halogens is 1. The van der Waals surface area contributed by atoms with E-state index < -0.39 is 5.97 Å². The third kappa shape index (κ3) is 4.21. The van der Waals surface area contributed by atoms with Gasteiger partial charge >= 0.3 is 5.97 Å². The number of carbonyl (C=O) groups is 2. The summed E-state index contributed by atoms with van der Waals surface area (Å²) >= 11 is 5.94. The van der Waals surface area contributed by atoms with Crippen molar-refractivity contribution < 1.29 is 19.4 Å². The van der Waals surface area contributed by atoms with E-state index in [0.717, 1.165) is 13.0 Å². The summed E-state index contributed by atoms with van der Waals surface area (Å²) in [6.45, 7) is 1.90. The lowest BCUT2D eigenvalue weighted by molar-refractivity contribution is -0.143. The number of hydrogen-bond donors (Lipinski definition) is 1. The molecule has 1 atom stereocenters. The molecule has 0 aliphatic carbocycles. The first kappa shape index (κ1) is 16.8. The van der Waals surface area contributed by atoms with Gasteiger partial charge in [-0.1, -0.05) is 11.6 Å². The molecule has 5 nitrogen and oxygen atoms in total. The van der Waals surface area contributed by atoms with E-state index in [1.165, 1.54) is 7.11 Å². The van der Waals surface area contributed by atoms with Crippen LogP contribution in [0, 0.1) is 5.92 Å². The number of rotatable bonds is 6. The monoisotopic (exact) mass is 325 g/mol. The summed E-state index contributed by atoms with van der Waals surface area (Å²) in [5.41, 5.74) is 0.474. The van der Waals surface area contributed by atoms with Gasteiger partial charge in [-0.25, -0.2) is 0 Å². The summed E-state index contributed by atoms with van der Waals surface area (Å²) in [6.07, 6.45) is 1.89. The molecule has 1 aromatic carbocycles. The minimum atomic E-state index is -0.757. The molecule has 22 heavy (non-hydrogen) atoms. The summed E-state index contributed by atoms with van der Waals surface area (Å²) in [5.74, 6) is -0.620. The minimum Gasteiger partial charge on any atom is -0.496 e. The Labute approximate surface area is 134 Å². The summed E-state index contributed by atoms with van der Waals surface area (Å²) in [7, 11) is 1.52. The molecule has 6 heteroatoms. The molecular formula is C16H20ClNO4. The molecule has 1 fully saturated rings. The number of carboxylic acid groups (broad SMARTS) is 1. The largest absolute Gasteiger partial charge is 0.496 e. The van der Waals surface area contributed by atoms with E-state index in [4.69, 9.17) is 21.4 Å². The van der Waals surface area contributed by atoms with Crippen LogP contribution in [0.3, 0.4) is 0 Å². The van der Waals surface area contributed by atoms with Crippen LogP contribution in [0.2, 0.25) is 5.02 Å². The van der Waals surface area contributed by atoms with Crippen molar-refractivity contribution in [1.29, 1.82) is 0 Å². The van der Waals surface area contributed by atoms with Crippen molar-refractivity contribution >= 4 is 23.4 Å². The topological polar surface area (TPSA) is 66.8 Å². The number of aliphatic carboxylic acids is 1. The molecule has 1 aliphatic heterocycles. The maximum atomic E-state index is 12.4. The van der Waals surface area contributed by atoms with Crippen LogP contribution in [-0.4, -0.2) is 48.5 Å². The van der Waals surface area contributed by atoms with Gasteiger partial charge in [0.15, 0.2) is 5.78 Å². The van der Waals surface area contributed by atoms with Crippen LogP contribution in [0.25, 0.3) is 0 Å². The Kier molecular flexibility index (Phi) is 5.80. The van der Waals surface area contributed by atoms with Crippen LogP contribution < -0.4 is 4.74 Å². The van der Waals surface area contributed by atoms with Gasteiger partial charge in [0, 0.05) is 24.5 Å². The van der Waals surface area contributed by atoms with Gasteiger partial charge < -0.3 is 14.7 Å². The molecule has 0 bridgehead atoms. The van der Waals surface area contributed by atoms with E-state index in [1.54, 1.807) is 18.2 Å². The fraction of sp³-hybridized carbons (Fsp3) is 0.500. The van der Waals surface area contributed by atoms with E-state index >= 15 is 0 Å². The van der Waals surface area contributed by atoms with Crippen molar-refractivity contribution in [3.05, 3.63) is 28.8 Å². The summed E-state index contributed by atoms with van der Waals surface area (Å²) < 4.78 is 5.19. The fourth-order valence-electron chi connectivity index (χ4n) is 2.75. The van der Waals surface area contributed by atoms with E-state index in [2.05, 4.69) is 0 Å². The number of ether oxygens (including phenoxy) is 1. The summed E-state index contributed by atoms with van der Waals surface area (Å²) in [4.78, 5) is 25.4. The van der Waals surface area contributed by atoms with E-state index in [-0.39, 0.29) is 11.7 Å². The molecule has 120 valence electrons. The lowest BCUT2D eigenvalue weighted by Gasteiger charge is -2.30. The van der Waals surface area contributed by atoms with Crippen molar-refractivity contribution in [3.63, 3.8) is 0 Å². The highest BCUT2D eigenvalue weighted by Crippen LogP contribution is 2.24. The predicted octanol–water partition coefficient (Wildman–Crippen LogP) is 2.72. The molecule has 1 heterocycles. The van der Waals surface area contributed by atoms with Gasteiger partial charge in [0.05, 0.1) is 18.6 Å². The first-order chi connectivity index (χ1) is 10.5. The molecule has 1 saturated heterocycles. The highest BCUT2D eigenvalue weighted by molar-refractivity contribution is 6.31. The molecule has 0 spiro atoms. The molecule has 1 aromatic rings. The number of carbonyl (C=O) groups excluding carboxylic acids is 1. The van der Waals surface area contributed by atoms with Crippen molar-refractivity contribution in [2.45, 2.75) is 19.3 Å².